The van der Waals surface area contributed by atoms with Crippen molar-refractivity contribution in [3.05, 3.63) is 6.33 Å². The summed E-state index contributed by atoms with van der Waals surface area (Å²) in [6.45, 7) is 8.37. The molecule has 2 aromatic heterocycles. The summed E-state index contributed by atoms with van der Waals surface area (Å²) in [5.41, 5.74) is 0. The topological polar surface area (TPSA) is 93.9 Å². The molecule has 0 aliphatic heterocycles. The van der Waals surface area contributed by atoms with Crippen molar-refractivity contribution in [2.24, 2.45) is 7.05 Å². The highest BCUT2D eigenvalue weighted by atomic mass is 16.5. The van der Waals surface area contributed by atoms with E-state index in [9.17, 15) is 0 Å². The number of hydrogen-bond donors (Lipinski definition) is 1. The first-order chi connectivity index (χ1) is 10.2. The van der Waals surface area contributed by atoms with Crippen LogP contribution in [0, 0.1) is 0 Å². The molecule has 2 heterocycles. The van der Waals surface area contributed by atoms with E-state index in [4.69, 9.17) is 4.74 Å². The van der Waals surface area contributed by atoms with Crippen LogP contribution in [0.15, 0.2) is 6.33 Å². The highest BCUT2D eigenvalue weighted by Crippen LogP contribution is 2.18. The second-order valence-corrected chi connectivity index (χ2v) is 4.25. The molecule has 2 aromatic rings. The molecule has 0 saturated heterocycles. The molecule has 1 N–H and O–H groups in total. The third-order valence-corrected chi connectivity index (χ3v) is 2.75. The van der Waals surface area contributed by atoms with E-state index < -0.39 is 0 Å². The van der Waals surface area contributed by atoms with Gasteiger partial charge in [0, 0.05) is 26.7 Å². The number of nitrogens with zero attached hydrogens (tertiary/aromatic N) is 7. The first kappa shape index (κ1) is 14.9. The van der Waals surface area contributed by atoms with Gasteiger partial charge in [-0.05, 0) is 20.8 Å². The first-order valence-electron chi connectivity index (χ1n) is 6.94. The molecule has 21 heavy (non-hydrogen) atoms. The molecule has 9 nitrogen and oxygen atoms in total. The van der Waals surface area contributed by atoms with E-state index in [-0.39, 0.29) is 12.0 Å². The van der Waals surface area contributed by atoms with Gasteiger partial charge in [0.1, 0.15) is 6.33 Å². The van der Waals surface area contributed by atoms with Gasteiger partial charge in [0.25, 0.3) is 0 Å². The molecular weight excluding hydrogens is 272 g/mol. The molecular formula is C12H20N8O. The lowest BCUT2D eigenvalue weighted by Gasteiger charge is -2.19. The molecule has 2 rings (SSSR count). The zero-order chi connectivity index (χ0) is 15.2. The van der Waals surface area contributed by atoms with Crippen molar-refractivity contribution in [3.8, 4) is 12.0 Å². The van der Waals surface area contributed by atoms with Crippen LogP contribution in [0.1, 0.15) is 20.8 Å². The smallest absolute Gasteiger partial charge is 0.343 e. The summed E-state index contributed by atoms with van der Waals surface area (Å²) >= 11 is 0. The van der Waals surface area contributed by atoms with Crippen molar-refractivity contribution < 1.29 is 4.74 Å². The third-order valence-electron chi connectivity index (χ3n) is 2.75. The van der Waals surface area contributed by atoms with Gasteiger partial charge in [-0.3, -0.25) is 4.68 Å². The molecule has 0 atom stereocenters. The Morgan fingerprint density at radius 2 is 1.90 bits per heavy atom. The number of anilines is 2. The molecule has 0 radical (unpaired) electrons. The van der Waals surface area contributed by atoms with Crippen LogP contribution in [0.25, 0.3) is 0 Å². The van der Waals surface area contributed by atoms with Crippen LogP contribution in [0.2, 0.25) is 0 Å². The fourth-order valence-corrected chi connectivity index (χ4v) is 1.72. The average Bonchev–Trinajstić information content (AvgIpc) is 2.86. The molecule has 0 fully saturated rings. The Hall–Kier alpha value is -2.45. The van der Waals surface area contributed by atoms with Crippen molar-refractivity contribution >= 4 is 11.9 Å². The molecule has 9 heteroatoms. The van der Waals surface area contributed by atoms with Gasteiger partial charge in [0.15, 0.2) is 0 Å². The molecule has 0 bridgehead atoms. The number of rotatable bonds is 7. The Morgan fingerprint density at radius 3 is 2.48 bits per heavy atom. The van der Waals surface area contributed by atoms with Crippen LogP contribution in [-0.4, -0.2) is 49.4 Å². The molecule has 114 valence electrons. The maximum atomic E-state index is 5.49. The van der Waals surface area contributed by atoms with E-state index in [1.165, 1.54) is 0 Å². The third kappa shape index (κ3) is 3.77. The van der Waals surface area contributed by atoms with Crippen LogP contribution >= 0.6 is 0 Å². The number of aromatic nitrogens is 6. The summed E-state index contributed by atoms with van der Waals surface area (Å²) in [6, 6.07) is 0.380. The van der Waals surface area contributed by atoms with Crippen molar-refractivity contribution in [3.63, 3.8) is 0 Å². The summed E-state index contributed by atoms with van der Waals surface area (Å²) in [4.78, 5) is 18.9. The quantitative estimate of drug-likeness (QED) is 0.810. The Kier molecular flexibility index (Phi) is 4.85. The number of nitrogens with one attached hydrogen (secondary N) is 1. The summed E-state index contributed by atoms with van der Waals surface area (Å²) in [5.74, 6) is 1.04. The van der Waals surface area contributed by atoms with Gasteiger partial charge in [0.05, 0.1) is 0 Å². The second-order valence-electron chi connectivity index (χ2n) is 4.25. The predicted molar refractivity (Wildman–Crippen MR) is 78.6 cm³/mol. The van der Waals surface area contributed by atoms with E-state index in [0.29, 0.717) is 18.4 Å². The minimum Gasteiger partial charge on any atom is -0.387 e. The Labute approximate surface area is 123 Å². The Bertz CT molecular complexity index is 580. The largest absolute Gasteiger partial charge is 0.387 e. The highest BCUT2D eigenvalue weighted by Gasteiger charge is 2.13. The average molecular weight is 292 g/mol. The number of aryl methyl sites for hydroxylation is 1. The molecule has 0 aromatic carbocycles. The molecule has 0 saturated carbocycles. The van der Waals surface area contributed by atoms with Crippen LogP contribution in [-0.2, 0) is 7.05 Å². The molecule has 0 spiro atoms. The second kappa shape index (κ2) is 6.82. The SMILES string of the molecule is CCNc1nc(Oc2ncn(C)n2)nc(N(CC)CC)n1. The Balaban J connectivity index is 2.30. The fraction of sp³-hybridized carbons (Fsp3) is 0.583. The van der Waals surface area contributed by atoms with Crippen LogP contribution in [0.5, 0.6) is 12.0 Å². The van der Waals surface area contributed by atoms with E-state index in [0.717, 1.165) is 13.1 Å². The van der Waals surface area contributed by atoms with Gasteiger partial charge in [-0.15, -0.1) is 5.10 Å². The van der Waals surface area contributed by atoms with Gasteiger partial charge in [0.2, 0.25) is 11.9 Å². The van der Waals surface area contributed by atoms with Crippen LogP contribution < -0.4 is 15.0 Å². The first-order valence-corrected chi connectivity index (χ1v) is 6.94. The molecule has 0 aliphatic carbocycles. The summed E-state index contributed by atoms with van der Waals surface area (Å²) in [7, 11) is 1.76. The van der Waals surface area contributed by atoms with Crippen molar-refractivity contribution in [1.82, 2.24) is 29.7 Å². The normalized spacial score (nSPS) is 10.5. The van der Waals surface area contributed by atoms with Gasteiger partial charge < -0.3 is 15.0 Å². The van der Waals surface area contributed by atoms with E-state index >= 15 is 0 Å². The van der Waals surface area contributed by atoms with Crippen molar-refractivity contribution in [2.75, 3.05) is 29.9 Å². The predicted octanol–water partition coefficient (Wildman–Crippen LogP) is 1.07. The number of hydrogen-bond acceptors (Lipinski definition) is 8. The monoisotopic (exact) mass is 292 g/mol. The van der Waals surface area contributed by atoms with E-state index in [2.05, 4.69) is 30.4 Å². The van der Waals surface area contributed by atoms with Crippen molar-refractivity contribution in [1.29, 1.82) is 0 Å². The lowest BCUT2D eigenvalue weighted by molar-refractivity contribution is 0.403. The maximum Gasteiger partial charge on any atom is 0.343 e. The minimum absolute atomic E-state index is 0.175. The van der Waals surface area contributed by atoms with Gasteiger partial charge in [-0.2, -0.15) is 19.9 Å². The van der Waals surface area contributed by atoms with Crippen LogP contribution in [0.4, 0.5) is 11.9 Å². The summed E-state index contributed by atoms with van der Waals surface area (Å²) in [6.07, 6.45) is 1.55. The zero-order valence-electron chi connectivity index (χ0n) is 12.7. The standard InChI is InChI=1S/C12H20N8O/c1-5-13-9-15-10(20(6-2)7-3)17-12(16-9)21-11-14-8-19(4)18-11/h8H,5-7H2,1-4H3,(H,13,15,16,17). The highest BCUT2D eigenvalue weighted by molar-refractivity contribution is 5.38. The van der Waals surface area contributed by atoms with E-state index in [1.807, 2.05) is 25.7 Å². The minimum atomic E-state index is 0.175. The van der Waals surface area contributed by atoms with Crippen molar-refractivity contribution in [2.45, 2.75) is 20.8 Å². The summed E-state index contributed by atoms with van der Waals surface area (Å²) < 4.78 is 7.04. The fourth-order valence-electron chi connectivity index (χ4n) is 1.72. The maximum absolute atomic E-state index is 5.49. The summed E-state index contributed by atoms with van der Waals surface area (Å²) in [5, 5.41) is 7.11. The van der Waals surface area contributed by atoms with Gasteiger partial charge in [-0.25, -0.2) is 0 Å². The molecule has 0 unspecified atom stereocenters. The molecule has 0 amide bonds. The zero-order valence-corrected chi connectivity index (χ0v) is 12.7. The lowest BCUT2D eigenvalue weighted by Crippen LogP contribution is -2.25. The van der Waals surface area contributed by atoms with E-state index in [1.54, 1.807) is 18.1 Å². The van der Waals surface area contributed by atoms with Crippen LogP contribution in [0.3, 0.4) is 0 Å². The Morgan fingerprint density at radius 1 is 1.14 bits per heavy atom. The number of ether oxygens (including phenoxy) is 1. The van der Waals surface area contributed by atoms with Gasteiger partial charge >= 0.3 is 12.0 Å². The molecule has 0 aliphatic rings. The van der Waals surface area contributed by atoms with Gasteiger partial charge in [-0.1, -0.05) is 0 Å². The lowest BCUT2D eigenvalue weighted by atomic mass is 10.5.